The molecule has 27 heavy (non-hydrogen) atoms. The van der Waals surface area contributed by atoms with E-state index >= 15 is 0 Å². The van der Waals surface area contributed by atoms with Gasteiger partial charge >= 0.3 is 7.12 Å². The third-order valence-corrected chi connectivity index (χ3v) is 5.49. The second-order valence-corrected chi connectivity index (χ2v) is 8.04. The minimum absolute atomic E-state index is 0.0115. The molecule has 148 valence electrons. The van der Waals surface area contributed by atoms with Gasteiger partial charge in [0.15, 0.2) is 6.10 Å². The van der Waals surface area contributed by atoms with Crippen LogP contribution in [0.3, 0.4) is 0 Å². The van der Waals surface area contributed by atoms with Gasteiger partial charge in [-0.05, 0) is 34.1 Å². The molecule has 1 aromatic rings. The fourth-order valence-corrected chi connectivity index (χ4v) is 3.06. The Morgan fingerprint density at radius 3 is 2.48 bits per heavy atom. The first-order valence-corrected chi connectivity index (χ1v) is 9.15. The molecule has 3 heterocycles. The first-order chi connectivity index (χ1) is 12.6. The summed E-state index contributed by atoms with van der Waals surface area (Å²) in [5.74, 6) is -0.00361. The van der Waals surface area contributed by atoms with Gasteiger partial charge in [0.2, 0.25) is 5.95 Å². The Labute approximate surface area is 159 Å². The lowest BCUT2D eigenvalue weighted by Gasteiger charge is -2.32. The maximum absolute atomic E-state index is 11.9. The molecule has 9 nitrogen and oxygen atoms in total. The maximum Gasteiger partial charge on any atom is 0.498 e. The number of carbonyl (C=O) groups is 1. The number of aliphatic hydroxyl groups excluding tert-OH is 2. The third-order valence-electron chi connectivity index (χ3n) is 5.49. The standard InChI is InChI=1S/C17H27BN4O5/c1-16(2)17(3,4)27-18(26-16)11-7-19-15(20-8-11)21-12-5-6-22(9-12)14(25)13(24)10-23/h7-8,12-13,23-24H,5-6,9-10H2,1-4H3,(H,19,20,21)/t12-,13+/m0/s1. The first-order valence-electron chi connectivity index (χ1n) is 9.15. The Bertz CT molecular complexity index is 668. The van der Waals surface area contributed by atoms with Crippen LogP contribution in [-0.2, 0) is 14.1 Å². The van der Waals surface area contributed by atoms with E-state index in [1.807, 2.05) is 27.7 Å². The van der Waals surface area contributed by atoms with Gasteiger partial charge in [-0.2, -0.15) is 0 Å². The average Bonchev–Trinajstić information content (AvgIpc) is 3.16. The number of anilines is 1. The Morgan fingerprint density at radius 2 is 1.93 bits per heavy atom. The van der Waals surface area contributed by atoms with Crippen molar-refractivity contribution in [2.24, 2.45) is 0 Å². The van der Waals surface area contributed by atoms with Crippen molar-refractivity contribution in [2.45, 2.75) is 57.5 Å². The van der Waals surface area contributed by atoms with Crippen LogP contribution in [0.15, 0.2) is 12.4 Å². The second-order valence-electron chi connectivity index (χ2n) is 8.04. The topological polar surface area (TPSA) is 117 Å². The molecule has 0 unspecified atom stereocenters. The number of rotatable bonds is 5. The van der Waals surface area contributed by atoms with E-state index in [-0.39, 0.29) is 6.04 Å². The lowest BCUT2D eigenvalue weighted by molar-refractivity contribution is -0.140. The summed E-state index contributed by atoms with van der Waals surface area (Å²) in [7, 11) is -0.511. The quantitative estimate of drug-likeness (QED) is 0.567. The Hall–Kier alpha value is -1.75. The lowest BCUT2D eigenvalue weighted by Crippen LogP contribution is -2.41. The van der Waals surface area contributed by atoms with Gasteiger partial charge in [-0.15, -0.1) is 0 Å². The van der Waals surface area contributed by atoms with Gasteiger partial charge in [0.25, 0.3) is 5.91 Å². The molecule has 0 aromatic carbocycles. The van der Waals surface area contributed by atoms with Crippen molar-refractivity contribution in [1.29, 1.82) is 0 Å². The molecular weight excluding hydrogens is 351 g/mol. The number of amides is 1. The Balaban J connectivity index is 1.57. The molecule has 2 aliphatic rings. The molecule has 3 N–H and O–H groups in total. The lowest BCUT2D eigenvalue weighted by atomic mass is 9.81. The summed E-state index contributed by atoms with van der Waals surface area (Å²) in [5.41, 5.74) is -0.102. The Morgan fingerprint density at radius 1 is 1.33 bits per heavy atom. The summed E-state index contributed by atoms with van der Waals surface area (Å²) in [6.45, 7) is 8.33. The molecule has 2 atom stereocenters. The first kappa shape index (κ1) is 20.0. The third kappa shape index (κ3) is 4.08. The van der Waals surface area contributed by atoms with Gasteiger partial charge < -0.3 is 29.7 Å². The van der Waals surface area contributed by atoms with Crippen LogP contribution in [0.4, 0.5) is 5.95 Å². The van der Waals surface area contributed by atoms with Gasteiger partial charge in [0.05, 0.1) is 17.8 Å². The zero-order valence-electron chi connectivity index (χ0n) is 16.2. The summed E-state index contributed by atoms with van der Waals surface area (Å²) in [5, 5.41) is 21.5. The van der Waals surface area contributed by atoms with Crippen molar-refractivity contribution in [1.82, 2.24) is 14.9 Å². The molecule has 0 aliphatic carbocycles. The van der Waals surface area contributed by atoms with E-state index in [0.29, 0.717) is 25.5 Å². The fraction of sp³-hybridized carbons (Fsp3) is 0.706. The van der Waals surface area contributed by atoms with Gasteiger partial charge in [-0.3, -0.25) is 4.79 Å². The number of hydrogen-bond acceptors (Lipinski definition) is 8. The van der Waals surface area contributed by atoms with Gasteiger partial charge in [-0.25, -0.2) is 9.97 Å². The van der Waals surface area contributed by atoms with E-state index < -0.39 is 36.9 Å². The molecule has 0 saturated carbocycles. The highest BCUT2D eigenvalue weighted by atomic mass is 16.7. The molecule has 1 aromatic heterocycles. The number of hydrogen-bond donors (Lipinski definition) is 3. The second kappa shape index (κ2) is 7.35. The number of nitrogens with one attached hydrogen (secondary N) is 1. The molecule has 1 amide bonds. The highest BCUT2D eigenvalue weighted by Gasteiger charge is 2.52. The van der Waals surface area contributed by atoms with Crippen LogP contribution in [0.2, 0.25) is 0 Å². The molecule has 0 radical (unpaired) electrons. The van der Waals surface area contributed by atoms with E-state index in [9.17, 15) is 9.90 Å². The van der Waals surface area contributed by atoms with Crippen LogP contribution < -0.4 is 10.8 Å². The molecule has 2 aliphatic heterocycles. The van der Waals surface area contributed by atoms with Crippen LogP contribution >= 0.6 is 0 Å². The largest absolute Gasteiger partial charge is 0.498 e. The highest BCUT2D eigenvalue weighted by molar-refractivity contribution is 6.61. The van der Waals surface area contributed by atoms with Crippen LogP contribution in [0, 0.1) is 0 Å². The number of aliphatic hydroxyl groups is 2. The van der Waals surface area contributed by atoms with Gasteiger partial charge in [0.1, 0.15) is 0 Å². The SMILES string of the molecule is CC1(C)OB(c2cnc(N[C@H]3CCN(C(=O)[C@H](O)CO)C3)nc2)OC1(C)C. The summed E-state index contributed by atoms with van der Waals surface area (Å²) in [6.07, 6.45) is 2.70. The van der Waals surface area contributed by atoms with Crippen molar-refractivity contribution in [3.63, 3.8) is 0 Å². The number of likely N-dealkylation sites (tertiary alicyclic amines) is 1. The number of carbonyl (C=O) groups excluding carboxylic acids is 1. The normalized spacial score (nSPS) is 24.9. The molecule has 0 bridgehead atoms. The van der Waals surface area contributed by atoms with E-state index in [4.69, 9.17) is 14.4 Å². The predicted octanol–water partition coefficient (Wildman–Crippen LogP) is -0.858. The van der Waals surface area contributed by atoms with Crippen molar-refractivity contribution in [3.05, 3.63) is 12.4 Å². The highest BCUT2D eigenvalue weighted by Crippen LogP contribution is 2.36. The zero-order valence-corrected chi connectivity index (χ0v) is 16.2. The van der Waals surface area contributed by atoms with Gasteiger partial charge in [0, 0.05) is 37.0 Å². The van der Waals surface area contributed by atoms with Crippen molar-refractivity contribution < 1.29 is 24.3 Å². The minimum atomic E-state index is -1.36. The van der Waals surface area contributed by atoms with Crippen molar-refractivity contribution in [2.75, 3.05) is 25.0 Å². The monoisotopic (exact) mass is 378 g/mol. The van der Waals surface area contributed by atoms with E-state index in [1.54, 1.807) is 12.4 Å². The Kier molecular flexibility index (Phi) is 5.44. The summed E-state index contributed by atoms with van der Waals surface area (Å²) in [6, 6.07) is -0.0115. The van der Waals surface area contributed by atoms with E-state index in [1.165, 1.54) is 4.90 Å². The van der Waals surface area contributed by atoms with E-state index in [2.05, 4.69) is 15.3 Å². The summed E-state index contributed by atoms with van der Waals surface area (Å²) in [4.78, 5) is 22.1. The molecule has 10 heteroatoms. The van der Waals surface area contributed by atoms with E-state index in [0.717, 1.165) is 5.46 Å². The fourth-order valence-electron chi connectivity index (χ4n) is 3.06. The summed E-state index contributed by atoms with van der Waals surface area (Å²) < 4.78 is 12.0. The van der Waals surface area contributed by atoms with Crippen LogP contribution in [0.1, 0.15) is 34.1 Å². The smallest absolute Gasteiger partial charge is 0.399 e. The van der Waals surface area contributed by atoms with Gasteiger partial charge in [-0.1, -0.05) is 0 Å². The van der Waals surface area contributed by atoms with Crippen LogP contribution in [0.5, 0.6) is 0 Å². The van der Waals surface area contributed by atoms with Crippen LogP contribution in [0.25, 0.3) is 0 Å². The zero-order chi connectivity index (χ0) is 19.8. The van der Waals surface area contributed by atoms with Crippen molar-refractivity contribution in [3.8, 4) is 0 Å². The maximum atomic E-state index is 11.9. The summed E-state index contributed by atoms with van der Waals surface area (Å²) >= 11 is 0. The molecule has 3 rings (SSSR count). The molecule has 0 spiro atoms. The molecule has 2 saturated heterocycles. The number of aromatic nitrogens is 2. The predicted molar refractivity (Wildman–Crippen MR) is 99.4 cm³/mol. The molecule has 2 fully saturated rings. The molecular formula is C17H27BN4O5. The van der Waals surface area contributed by atoms with Crippen molar-refractivity contribution >= 4 is 24.4 Å². The number of nitrogens with zero attached hydrogens (tertiary/aromatic N) is 3. The van der Waals surface area contributed by atoms with Crippen LogP contribution in [-0.4, -0.2) is 81.2 Å². The minimum Gasteiger partial charge on any atom is -0.399 e. The average molecular weight is 378 g/mol.